The Bertz CT molecular complexity index is 1830. The van der Waals surface area contributed by atoms with E-state index in [2.05, 4.69) is 55.0 Å². The first-order valence-corrected chi connectivity index (χ1v) is 16.2. The molecule has 5 heterocycles. The van der Waals surface area contributed by atoms with Crippen molar-refractivity contribution in [2.45, 2.75) is 77.1 Å². The molecule has 0 saturated carbocycles. The first-order chi connectivity index (χ1) is 22.5. The molecule has 0 bridgehead atoms. The Labute approximate surface area is 267 Å². The van der Waals surface area contributed by atoms with E-state index in [4.69, 9.17) is 4.74 Å². The van der Waals surface area contributed by atoms with Gasteiger partial charge >= 0.3 is 6.03 Å². The SMILES string of the molecule is CCc1cc(NC(=O)NC2CCC(Oc3ccc4nnc(N5CCCC[C@@H]5C)n4c3)c3ccccc32)n(-c2cnn(CCO)c2)n1. The number of ether oxygens (including phenoxy) is 1. The number of aliphatic hydroxyl groups is 1. The highest BCUT2D eigenvalue weighted by atomic mass is 16.5. The van der Waals surface area contributed by atoms with Gasteiger partial charge in [-0.05, 0) is 68.7 Å². The minimum absolute atomic E-state index is 0.0148. The van der Waals surface area contributed by atoms with Gasteiger partial charge in [-0.15, -0.1) is 10.2 Å². The highest BCUT2D eigenvalue weighted by Crippen LogP contribution is 2.39. The number of nitrogens with one attached hydrogen (secondary N) is 2. The molecular formula is C33H40N10O3. The number of hydrogen-bond acceptors (Lipinski definition) is 8. The van der Waals surface area contributed by atoms with Gasteiger partial charge in [-0.2, -0.15) is 10.2 Å². The number of anilines is 2. The molecule has 46 heavy (non-hydrogen) atoms. The number of carbonyl (C=O) groups is 1. The van der Waals surface area contributed by atoms with E-state index in [-0.39, 0.29) is 24.8 Å². The van der Waals surface area contributed by atoms with Crippen LogP contribution in [0, 0.1) is 0 Å². The fraction of sp³-hybridized carbons (Fsp3) is 0.424. The van der Waals surface area contributed by atoms with Crippen molar-refractivity contribution in [3.63, 3.8) is 0 Å². The molecule has 0 spiro atoms. The molecule has 2 amide bonds. The second kappa shape index (κ2) is 12.8. The average molecular weight is 625 g/mol. The molecule has 2 unspecified atom stereocenters. The van der Waals surface area contributed by atoms with Gasteiger partial charge in [0.15, 0.2) is 5.65 Å². The zero-order valence-electron chi connectivity index (χ0n) is 26.2. The number of amides is 2. The van der Waals surface area contributed by atoms with Gasteiger partial charge in [0.05, 0.1) is 43.5 Å². The summed E-state index contributed by atoms with van der Waals surface area (Å²) in [5.41, 5.74) is 4.44. The zero-order valence-corrected chi connectivity index (χ0v) is 26.2. The molecular weight excluding hydrogens is 584 g/mol. The molecule has 1 aromatic carbocycles. The van der Waals surface area contributed by atoms with Crippen LogP contribution in [0.25, 0.3) is 11.3 Å². The number of pyridine rings is 1. The molecule has 13 nitrogen and oxygen atoms in total. The highest BCUT2D eigenvalue weighted by Gasteiger charge is 2.30. The van der Waals surface area contributed by atoms with E-state index < -0.39 is 0 Å². The van der Waals surface area contributed by atoms with E-state index in [1.165, 1.54) is 6.42 Å². The smallest absolute Gasteiger partial charge is 0.320 e. The Morgan fingerprint density at radius 2 is 1.93 bits per heavy atom. The summed E-state index contributed by atoms with van der Waals surface area (Å²) >= 11 is 0. The second-order valence-electron chi connectivity index (χ2n) is 12.1. The van der Waals surface area contributed by atoms with Gasteiger partial charge in [0.25, 0.3) is 0 Å². The number of benzene rings is 1. The summed E-state index contributed by atoms with van der Waals surface area (Å²) in [4.78, 5) is 15.7. The third-order valence-electron chi connectivity index (χ3n) is 8.99. The third-order valence-corrected chi connectivity index (χ3v) is 8.99. The fourth-order valence-electron chi connectivity index (χ4n) is 6.59. The molecule has 7 rings (SSSR count). The van der Waals surface area contributed by atoms with Crippen molar-refractivity contribution >= 4 is 23.4 Å². The summed E-state index contributed by atoms with van der Waals surface area (Å²) in [7, 11) is 0. The normalized spacial score (nSPS) is 19.6. The quantitative estimate of drug-likeness (QED) is 0.212. The van der Waals surface area contributed by atoms with Crippen molar-refractivity contribution in [2.75, 3.05) is 23.4 Å². The number of rotatable bonds is 9. The maximum atomic E-state index is 13.4. The summed E-state index contributed by atoms with van der Waals surface area (Å²) in [6.07, 6.45) is 11.0. The number of piperidine rings is 1. The van der Waals surface area contributed by atoms with Crippen molar-refractivity contribution < 1.29 is 14.6 Å². The van der Waals surface area contributed by atoms with Crippen LogP contribution in [0.15, 0.2) is 61.1 Å². The van der Waals surface area contributed by atoms with Crippen molar-refractivity contribution in [1.82, 2.24) is 39.5 Å². The third kappa shape index (κ3) is 5.89. The lowest BCUT2D eigenvalue weighted by molar-refractivity contribution is 0.171. The van der Waals surface area contributed by atoms with Crippen LogP contribution >= 0.6 is 0 Å². The van der Waals surface area contributed by atoms with Crippen LogP contribution in [0.2, 0.25) is 0 Å². The molecule has 1 aliphatic heterocycles. The van der Waals surface area contributed by atoms with Gasteiger partial charge in [-0.3, -0.25) is 14.4 Å². The standard InChI is InChI=1S/C33H40N10O3/c1-3-23-18-31(43(39-23)24-19-34-40(20-24)16-17-44)36-32(45)35-28-12-13-29(27-10-5-4-9-26(27)28)46-25-11-14-30-37-38-33(42(30)21-25)41-15-7-6-8-22(41)2/h4-5,9-11,14,18-22,28-29,44H,3,6-8,12-13,15-17H2,1-2H3,(H2,35,36,45)/t22-,28?,29?/m0/s1. The van der Waals surface area contributed by atoms with Gasteiger partial charge < -0.3 is 20.1 Å². The lowest BCUT2D eigenvalue weighted by atomic mass is 9.85. The van der Waals surface area contributed by atoms with Crippen molar-refractivity contribution in [2.24, 2.45) is 0 Å². The van der Waals surface area contributed by atoms with Crippen molar-refractivity contribution in [1.29, 1.82) is 0 Å². The molecule has 1 fully saturated rings. The fourth-order valence-corrected chi connectivity index (χ4v) is 6.59. The molecule has 4 aromatic heterocycles. The van der Waals surface area contributed by atoms with Gasteiger partial charge in [0, 0.05) is 18.7 Å². The van der Waals surface area contributed by atoms with Gasteiger partial charge in [-0.25, -0.2) is 9.48 Å². The second-order valence-corrected chi connectivity index (χ2v) is 12.1. The lowest BCUT2D eigenvalue weighted by Gasteiger charge is -2.33. The molecule has 13 heteroatoms. The van der Waals surface area contributed by atoms with Gasteiger partial charge in [0.2, 0.25) is 5.95 Å². The molecule has 3 atom stereocenters. The van der Waals surface area contributed by atoms with E-state index in [0.29, 0.717) is 36.9 Å². The number of aliphatic hydroxyl groups excluding tert-OH is 1. The minimum Gasteiger partial charge on any atom is -0.484 e. The summed E-state index contributed by atoms with van der Waals surface area (Å²) in [5.74, 6) is 2.16. The van der Waals surface area contributed by atoms with Gasteiger partial charge in [-0.1, -0.05) is 31.2 Å². The van der Waals surface area contributed by atoms with E-state index in [1.807, 2.05) is 47.9 Å². The average Bonchev–Trinajstić information content (AvgIpc) is 3.81. The van der Waals surface area contributed by atoms with Crippen LogP contribution in [0.4, 0.5) is 16.6 Å². The minimum atomic E-state index is -0.316. The van der Waals surface area contributed by atoms with Crippen molar-refractivity contribution in [3.8, 4) is 11.4 Å². The molecule has 240 valence electrons. The predicted octanol–water partition coefficient (Wildman–Crippen LogP) is 4.82. The van der Waals surface area contributed by atoms with E-state index >= 15 is 0 Å². The first-order valence-electron chi connectivity index (χ1n) is 16.2. The van der Waals surface area contributed by atoms with Crippen LogP contribution in [-0.4, -0.2) is 64.5 Å². The number of aryl methyl sites for hydroxylation is 1. The molecule has 0 radical (unpaired) electrons. The summed E-state index contributed by atoms with van der Waals surface area (Å²) in [6.45, 7) is 5.60. The van der Waals surface area contributed by atoms with Gasteiger partial charge in [0.1, 0.15) is 23.4 Å². The number of aromatic nitrogens is 7. The number of fused-ring (bicyclic) bond motifs is 2. The van der Waals surface area contributed by atoms with Crippen LogP contribution in [0.1, 0.15) is 74.9 Å². The zero-order chi connectivity index (χ0) is 31.6. The van der Waals surface area contributed by atoms with Crippen LogP contribution in [0.3, 0.4) is 0 Å². The summed E-state index contributed by atoms with van der Waals surface area (Å²) < 4.78 is 12.0. The Balaban J connectivity index is 1.07. The molecule has 1 aliphatic carbocycles. The Kier molecular flexibility index (Phi) is 8.31. The topological polar surface area (TPSA) is 140 Å². The predicted molar refractivity (Wildman–Crippen MR) is 173 cm³/mol. The summed E-state index contributed by atoms with van der Waals surface area (Å²) in [5, 5.41) is 33.3. The van der Waals surface area contributed by atoms with Crippen LogP contribution in [-0.2, 0) is 13.0 Å². The molecule has 1 saturated heterocycles. The largest absolute Gasteiger partial charge is 0.484 e. The number of carbonyl (C=O) groups excluding carboxylic acids is 1. The monoisotopic (exact) mass is 624 g/mol. The van der Waals surface area contributed by atoms with E-state index in [0.717, 1.165) is 60.0 Å². The molecule has 3 N–H and O–H groups in total. The lowest BCUT2D eigenvalue weighted by Crippen LogP contribution is -2.38. The Hall–Kier alpha value is -4.91. The number of nitrogens with zero attached hydrogens (tertiary/aromatic N) is 8. The summed E-state index contributed by atoms with van der Waals surface area (Å²) in [6, 6.07) is 13.8. The number of urea groups is 1. The van der Waals surface area contributed by atoms with E-state index in [9.17, 15) is 9.90 Å². The highest BCUT2D eigenvalue weighted by molar-refractivity contribution is 5.89. The molecule has 2 aliphatic rings. The van der Waals surface area contributed by atoms with Crippen LogP contribution < -0.4 is 20.3 Å². The Morgan fingerprint density at radius 3 is 2.76 bits per heavy atom. The van der Waals surface area contributed by atoms with Crippen LogP contribution in [0.5, 0.6) is 5.75 Å². The molecule has 5 aromatic rings. The first kappa shape index (κ1) is 29.8. The Morgan fingerprint density at radius 1 is 1.07 bits per heavy atom. The van der Waals surface area contributed by atoms with Crippen molar-refractivity contribution in [3.05, 3.63) is 77.9 Å². The number of hydrogen-bond donors (Lipinski definition) is 3. The maximum Gasteiger partial charge on any atom is 0.320 e. The van der Waals surface area contributed by atoms with E-state index in [1.54, 1.807) is 21.8 Å². The maximum absolute atomic E-state index is 13.4.